The molecule has 0 N–H and O–H groups in total. The second kappa shape index (κ2) is 3.66. The van der Waals surface area contributed by atoms with E-state index in [-0.39, 0.29) is 5.78 Å². The quantitative estimate of drug-likeness (QED) is 0.685. The molecule has 1 aromatic carbocycles. The lowest BCUT2D eigenvalue weighted by Crippen LogP contribution is -2.34. The number of carbonyl (C=O) groups excluding carboxylic acids is 1. The van der Waals surface area contributed by atoms with Gasteiger partial charge in [-0.25, -0.2) is 0 Å². The van der Waals surface area contributed by atoms with Crippen LogP contribution in [-0.2, 0) is 0 Å². The molecular weight excluding hydrogens is 231 g/mol. The lowest BCUT2D eigenvalue weighted by atomic mass is 9.78. The predicted octanol–water partition coefficient (Wildman–Crippen LogP) is 3.71. The zero-order chi connectivity index (χ0) is 11.1. The molecule has 2 rings (SSSR count). The van der Waals surface area contributed by atoms with Gasteiger partial charge in [0.05, 0.1) is 5.41 Å². The van der Waals surface area contributed by atoms with Gasteiger partial charge in [0.25, 0.3) is 0 Å². The zero-order valence-electron chi connectivity index (χ0n) is 8.21. The predicted molar refractivity (Wildman–Crippen MR) is 63.4 cm³/mol. The molecular formula is C12H10Cl2O. The maximum atomic E-state index is 12.2. The van der Waals surface area contributed by atoms with Gasteiger partial charge in [0.2, 0.25) is 0 Å². The van der Waals surface area contributed by atoms with E-state index in [1.807, 2.05) is 24.3 Å². The molecule has 0 heterocycles. The number of alkyl halides is 2. The van der Waals surface area contributed by atoms with Gasteiger partial charge in [-0.05, 0) is 12.5 Å². The molecule has 1 aliphatic rings. The first kappa shape index (κ1) is 10.7. The highest BCUT2D eigenvalue weighted by Crippen LogP contribution is 2.39. The second-order valence-corrected chi connectivity index (χ2v) is 4.93. The van der Waals surface area contributed by atoms with Crippen LogP contribution >= 0.6 is 23.2 Å². The lowest BCUT2D eigenvalue weighted by Gasteiger charge is -2.29. The van der Waals surface area contributed by atoms with E-state index < -0.39 is 10.3 Å². The highest BCUT2D eigenvalue weighted by Gasteiger charge is 2.40. The summed E-state index contributed by atoms with van der Waals surface area (Å²) in [5.41, 5.74) is 0.806. The number of Topliss-reactive ketones (excluding diaryl/α,β-unsaturated/α-hetero) is 1. The highest BCUT2D eigenvalue weighted by atomic mass is 35.5. The van der Waals surface area contributed by atoms with Crippen LogP contribution in [-0.4, -0.2) is 10.6 Å². The maximum Gasteiger partial charge on any atom is 0.175 e. The molecule has 0 aliphatic heterocycles. The van der Waals surface area contributed by atoms with E-state index in [9.17, 15) is 4.79 Å². The van der Waals surface area contributed by atoms with Gasteiger partial charge >= 0.3 is 0 Å². The number of benzene rings is 1. The van der Waals surface area contributed by atoms with E-state index in [0.717, 1.165) is 5.56 Å². The Kier molecular flexibility index (Phi) is 2.61. The summed E-state index contributed by atoms with van der Waals surface area (Å²) in [4.78, 5) is 11.4. The number of allylic oxidation sites excluding steroid dienone is 1. The highest BCUT2D eigenvalue weighted by molar-refractivity contribution is 6.46. The van der Waals surface area contributed by atoms with Crippen molar-refractivity contribution in [3.63, 3.8) is 0 Å². The van der Waals surface area contributed by atoms with Gasteiger partial charge in [0, 0.05) is 5.56 Å². The van der Waals surface area contributed by atoms with Crippen LogP contribution in [0.2, 0.25) is 0 Å². The molecule has 1 aromatic rings. The van der Waals surface area contributed by atoms with Crippen molar-refractivity contribution in [3.8, 4) is 0 Å². The molecule has 0 saturated carbocycles. The molecule has 1 atom stereocenters. The average Bonchev–Trinajstić information content (AvgIpc) is 2.24. The van der Waals surface area contributed by atoms with E-state index in [1.54, 1.807) is 19.1 Å². The number of hydrogen-bond donors (Lipinski definition) is 0. The molecule has 0 radical (unpaired) electrons. The number of fused-ring (bicyclic) bond motifs is 1. The van der Waals surface area contributed by atoms with Crippen molar-refractivity contribution < 1.29 is 4.79 Å². The molecule has 78 valence electrons. The fourth-order valence-corrected chi connectivity index (χ4v) is 1.99. The summed E-state index contributed by atoms with van der Waals surface area (Å²) < 4.78 is 0. The van der Waals surface area contributed by atoms with E-state index in [2.05, 4.69) is 0 Å². The first-order valence-electron chi connectivity index (χ1n) is 4.67. The minimum Gasteiger partial charge on any atom is -0.293 e. The summed E-state index contributed by atoms with van der Waals surface area (Å²) in [6.07, 6.45) is 3.68. The monoisotopic (exact) mass is 240 g/mol. The third kappa shape index (κ3) is 1.60. The Hall–Kier alpha value is -0.790. The number of carbonyl (C=O) groups is 1. The molecule has 0 aromatic heterocycles. The van der Waals surface area contributed by atoms with Crippen molar-refractivity contribution >= 4 is 35.1 Å². The number of hydrogen-bond acceptors (Lipinski definition) is 1. The first-order valence-corrected chi connectivity index (χ1v) is 5.54. The average molecular weight is 241 g/mol. The Bertz CT molecular complexity index is 437. The molecule has 3 heteroatoms. The van der Waals surface area contributed by atoms with Gasteiger partial charge in [0.15, 0.2) is 5.78 Å². The lowest BCUT2D eigenvalue weighted by molar-refractivity contribution is 0.0879. The molecule has 1 aliphatic carbocycles. The van der Waals surface area contributed by atoms with Crippen molar-refractivity contribution in [2.24, 2.45) is 5.41 Å². The number of rotatable bonds is 1. The smallest absolute Gasteiger partial charge is 0.175 e. The zero-order valence-corrected chi connectivity index (χ0v) is 9.72. The van der Waals surface area contributed by atoms with Crippen LogP contribution in [0.15, 0.2) is 30.3 Å². The Morgan fingerprint density at radius 3 is 2.60 bits per heavy atom. The largest absolute Gasteiger partial charge is 0.293 e. The minimum absolute atomic E-state index is 0.0180. The third-order valence-corrected chi connectivity index (χ3v) is 3.66. The van der Waals surface area contributed by atoms with Crippen molar-refractivity contribution in [3.05, 3.63) is 41.5 Å². The van der Waals surface area contributed by atoms with Crippen LogP contribution in [0.4, 0.5) is 0 Å². The van der Waals surface area contributed by atoms with Crippen molar-refractivity contribution in [2.45, 2.75) is 11.8 Å². The normalized spacial score (nSPS) is 24.4. The van der Waals surface area contributed by atoms with Gasteiger partial charge in [-0.3, -0.25) is 4.79 Å². The van der Waals surface area contributed by atoms with Gasteiger partial charge in [-0.15, -0.1) is 23.2 Å². The van der Waals surface area contributed by atoms with Crippen LogP contribution in [0.25, 0.3) is 6.08 Å². The first-order chi connectivity index (χ1) is 7.05. The second-order valence-electron chi connectivity index (χ2n) is 3.83. The number of halogens is 2. The van der Waals surface area contributed by atoms with Crippen molar-refractivity contribution in [1.82, 2.24) is 0 Å². The Balaban J connectivity index is 2.55. The summed E-state index contributed by atoms with van der Waals surface area (Å²) in [5.74, 6) is -0.0180. The van der Waals surface area contributed by atoms with Crippen molar-refractivity contribution in [1.29, 1.82) is 0 Å². The summed E-state index contributed by atoms with van der Waals surface area (Å²) >= 11 is 11.7. The summed E-state index contributed by atoms with van der Waals surface area (Å²) in [5, 5.41) is 0. The fourth-order valence-electron chi connectivity index (χ4n) is 1.65. The molecule has 0 spiro atoms. The van der Waals surface area contributed by atoms with Crippen LogP contribution in [0.3, 0.4) is 0 Å². The van der Waals surface area contributed by atoms with E-state index in [1.165, 1.54) is 0 Å². The summed E-state index contributed by atoms with van der Waals surface area (Å²) in [7, 11) is 0. The third-order valence-electron chi connectivity index (χ3n) is 2.76. The molecule has 15 heavy (non-hydrogen) atoms. The van der Waals surface area contributed by atoms with E-state index in [4.69, 9.17) is 23.2 Å². The Morgan fingerprint density at radius 2 is 1.93 bits per heavy atom. The van der Waals surface area contributed by atoms with E-state index >= 15 is 0 Å². The van der Waals surface area contributed by atoms with Crippen molar-refractivity contribution in [2.75, 3.05) is 0 Å². The molecule has 0 fully saturated rings. The fraction of sp³-hybridized carbons (Fsp3) is 0.250. The topological polar surface area (TPSA) is 17.1 Å². The molecule has 1 nitrogen and oxygen atoms in total. The Morgan fingerprint density at radius 1 is 1.27 bits per heavy atom. The van der Waals surface area contributed by atoms with Crippen LogP contribution in [0.1, 0.15) is 22.8 Å². The van der Waals surface area contributed by atoms with Gasteiger partial charge < -0.3 is 0 Å². The SMILES string of the molecule is CC1(C(Cl)Cl)C=Cc2ccccc2C1=O. The Labute approximate surface area is 98.7 Å². The van der Waals surface area contributed by atoms with Crippen LogP contribution < -0.4 is 0 Å². The number of ketones is 1. The maximum absolute atomic E-state index is 12.2. The van der Waals surface area contributed by atoms with Gasteiger partial charge in [0.1, 0.15) is 4.84 Å². The van der Waals surface area contributed by atoms with Gasteiger partial charge in [-0.2, -0.15) is 0 Å². The van der Waals surface area contributed by atoms with Crippen LogP contribution in [0.5, 0.6) is 0 Å². The summed E-state index contributed by atoms with van der Waals surface area (Å²) in [6.45, 7) is 1.76. The molecule has 0 amide bonds. The van der Waals surface area contributed by atoms with Crippen LogP contribution in [0, 0.1) is 5.41 Å². The molecule has 1 unspecified atom stereocenters. The molecule has 0 bridgehead atoms. The summed E-state index contributed by atoms with van der Waals surface area (Å²) in [6, 6.07) is 7.45. The standard InChI is InChI=1S/C12H10Cl2O/c1-12(11(13)14)7-6-8-4-2-3-5-9(8)10(12)15/h2-7,11H,1H3. The minimum atomic E-state index is -0.808. The van der Waals surface area contributed by atoms with Gasteiger partial charge in [-0.1, -0.05) is 36.4 Å². The molecule has 0 saturated heterocycles. The van der Waals surface area contributed by atoms with E-state index in [0.29, 0.717) is 5.56 Å².